The molecular weight excluding hydrogens is 272 g/mol. The lowest BCUT2D eigenvalue weighted by molar-refractivity contribution is -0.0505. The Morgan fingerprint density at radius 3 is 2.81 bits per heavy atom. The van der Waals surface area contributed by atoms with Crippen molar-refractivity contribution in [1.29, 1.82) is 0 Å². The molecule has 1 aliphatic heterocycles. The van der Waals surface area contributed by atoms with Gasteiger partial charge >= 0.3 is 0 Å². The normalized spacial score (nSPS) is 18.9. The summed E-state index contributed by atoms with van der Waals surface area (Å²) in [5.41, 5.74) is 7.01. The molecule has 1 atom stereocenters. The molecule has 2 heterocycles. The quantitative estimate of drug-likeness (QED) is 0.911. The third-order valence-corrected chi connectivity index (χ3v) is 2.92. The first-order valence-corrected chi connectivity index (χ1v) is 6.12. The van der Waals surface area contributed by atoms with Crippen molar-refractivity contribution in [2.45, 2.75) is 25.2 Å². The van der Waals surface area contributed by atoms with Crippen LogP contribution < -0.4 is 5.73 Å². The Balaban J connectivity index is 1.81. The SMILES string of the molecule is NC(Cc1ccc(Br)cn1)CC1OCCO1. The molecule has 4 nitrogen and oxygen atoms in total. The molecule has 0 saturated carbocycles. The zero-order chi connectivity index (χ0) is 11.4. The summed E-state index contributed by atoms with van der Waals surface area (Å²) < 4.78 is 11.7. The van der Waals surface area contributed by atoms with Crippen molar-refractivity contribution in [3.63, 3.8) is 0 Å². The van der Waals surface area contributed by atoms with Crippen LogP contribution in [0.25, 0.3) is 0 Å². The fourth-order valence-electron chi connectivity index (χ4n) is 1.67. The van der Waals surface area contributed by atoms with Crippen LogP contribution in [0.2, 0.25) is 0 Å². The minimum absolute atomic E-state index is 0.0248. The second-order valence-corrected chi connectivity index (χ2v) is 4.75. The van der Waals surface area contributed by atoms with Crippen LogP contribution in [0, 0.1) is 0 Å². The zero-order valence-electron chi connectivity index (χ0n) is 8.93. The van der Waals surface area contributed by atoms with Gasteiger partial charge < -0.3 is 15.2 Å². The molecule has 16 heavy (non-hydrogen) atoms. The molecule has 0 radical (unpaired) electrons. The Morgan fingerprint density at radius 2 is 2.19 bits per heavy atom. The molecule has 1 fully saturated rings. The van der Waals surface area contributed by atoms with Crippen LogP contribution in [0.3, 0.4) is 0 Å². The number of rotatable bonds is 4. The Bertz CT molecular complexity index is 325. The molecular formula is C11H15BrN2O2. The van der Waals surface area contributed by atoms with Gasteiger partial charge in [-0.1, -0.05) is 0 Å². The Labute approximate surface area is 103 Å². The number of hydrogen-bond acceptors (Lipinski definition) is 4. The molecule has 0 amide bonds. The van der Waals surface area contributed by atoms with Gasteiger partial charge in [-0.25, -0.2) is 0 Å². The summed E-state index contributed by atoms with van der Waals surface area (Å²) in [4.78, 5) is 4.28. The molecule has 1 aliphatic rings. The number of nitrogens with zero attached hydrogens (tertiary/aromatic N) is 1. The highest BCUT2D eigenvalue weighted by atomic mass is 79.9. The highest BCUT2D eigenvalue weighted by molar-refractivity contribution is 9.10. The number of pyridine rings is 1. The monoisotopic (exact) mass is 286 g/mol. The minimum atomic E-state index is -0.134. The number of aromatic nitrogens is 1. The highest BCUT2D eigenvalue weighted by Crippen LogP contribution is 2.13. The van der Waals surface area contributed by atoms with Gasteiger partial charge in [-0.05, 0) is 28.1 Å². The lowest BCUT2D eigenvalue weighted by Gasteiger charge is -2.15. The topological polar surface area (TPSA) is 57.4 Å². The van der Waals surface area contributed by atoms with Gasteiger partial charge in [0, 0.05) is 35.2 Å². The maximum atomic E-state index is 6.01. The van der Waals surface area contributed by atoms with Gasteiger partial charge in [-0.3, -0.25) is 4.98 Å². The van der Waals surface area contributed by atoms with E-state index in [0.29, 0.717) is 13.2 Å². The van der Waals surface area contributed by atoms with Gasteiger partial charge in [0.15, 0.2) is 6.29 Å². The molecule has 88 valence electrons. The van der Waals surface area contributed by atoms with Crippen molar-refractivity contribution in [1.82, 2.24) is 4.98 Å². The fraction of sp³-hybridized carbons (Fsp3) is 0.545. The molecule has 1 saturated heterocycles. The van der Waals surface area contributed by atoms with E-state index in [0.717, 1.165) is 23.0 Å². The Morgan fingerprint density at radius 1 is 1.44 bits per heavy atom. The molecule has 2 N–H and O–H groups in total. The van der Waals surface area contributed by atoms with Crippen LogP contribution in [0.15, 0.2) is 22.8 Å². The standard InChI is InChI=1S/C11H15BrN2O2/c12-8-1-2-10(14-7-8)5-9(13)6-11-15-3-4-16-11/h1-2,7,9,11H,3-6,13H2. The van der Waals surface area contributed by atoms with Crippen LogP contribution in [-0.4, -0.2) is 30.5 Å². The Hall–Kier alpha value is -0.490. The van der Waals surface area contributed by atoms with Crippen molar-refractivity contribution in [2.24, 2.45) is 5.73 Å². The third-order valence-electron chi connectivity index (χ3n) is 2.45. The summed E-state index contributed by atoms with van der Waals surface area (Å²) in [5.74, 6) is 0. The van der Waals surface area contributed by atoms with Crippen LogP contribution >= 0.6 is 15.9 Å². The summed E-state index contributed by atoms with van der Waals surface area (Å²) in [6.07, 6.45) is 3.12. The molecule has 1 unspecified atom stereocenters. The van der Waals surface area contributed by atoms with Crippen LogP contribution in [0.5, 0.6) is 0 Å². The molecule has 2 rings (SSSR count). The zero-order valence-corrected chi connectivity index (χ0v) is 10.5. The van der Waals surface area contributed by atoms with Crippen molar-refractivity contribution in [3.8, 4) is 0 Å². The molecule has 0 aliphatic carbocycles. The van der Waals surface area contributed by atoms with E-state index in [-0.39, 0.29) is 12.3 Å². The second-order valence-electron chi connectivity index (χ2n) is 3.84. The van der Waals surface area contributed by atoms with Gasteiger partial charge in [0.2, 0.25) is 0 Å². The van der Waals surface area contributed by atoms with E-state index in [9.17, 15) is 0 Å². The van der Waals surface area contributed by atoms with Crippen molar-refractivity contribution in [2.75, 3.05) is 13.2 Å². The minimum Gasteiger partial charge on any atom is -0.350 e. The summed E-state index contributed by atoms with van der Waals surface area (Å²) in [5, 5.41) is 0. The predicted molar refractivity (Wildman–Crippen MR) is 63.9 cm³/mol. The first-order valence-electron chi connectivity index (χ1n) is 5.33. The van der Waals surface area contributed by atoms with E-state index >= 15 is 0 Å². The van der Waals surface area contributed by atoms with Gasteiger partial charge in [0.05, 0.1) is 13.2 Å². The van der Waals surface area contributed by atoms with Crippen LogP contribution in [0.4, 0.5) is 0 Å². The second kappa shape index (κ2) is 5.72. The van der Waals surface area contributed by atoms with E-state index in [1.54, 1.807) is 6.20 Å². The van der Waals surface area contributed by atoms with E-state index in [1.165, 1.54) is 0 Å². The van der Waals surface area contributed by atoms with Gasteiger partial charge in [-0.2, -0.15) is 0 Å². The number of halogens is 1. The summed E-state index contributed by atoms with van der Waals surface area (Å²) >= 11 is 3.35. The van der Waals surface area contributed by atoms with Crippen molar-refractivity contribution in [3.05, 3.63) is 28.5 Å². The number of nitrogens with two attached hydrogens (primary N) is 1. The number of ether oxygens (including phenoxy) is 2. The van der Waals surface area contributed by atoms with Crippen molar-refractivity contribution >= 4 is 15.9 Å². The van der Waals surface area contributed by atoms with E-state index < -0.39 is 0 Å². The molecule has 5 heteroatoms. The molecule has 0 bridgehead atoms. The third kappa shape index (κ3) is 3.52. The van der Waals surface area contributed by atoms with Crippen LogP contribution in [-0.2, 0) is 15.9 Å². The number of hydrogen-bond donors (Lipinski definition) is 1. The van der Waals surface area contributed by atoms with Gasteiger partial charge in [0.1, 0.15) is 0 Å². The summed E-state index contributed by atoms with van der Waals surface area (Å²) in [6, 6.07) is 3.97. The van der Waals surface area contributed by atoms with Crippen LogP contribution in [0.1, 0.15) is 12.1 Å². The lowest BCUT2D eigenvalue weighted by Crippen LogP contribution is -2.29. The highest BCUT2D eigenvalue weighted by Gasteiger charge is 2.19. The maximum absolute atomic E-state index is 6.01. The van der Waals surface area contributed by atoms with E-state index in [4.69, 9.17) is 15.2 Å². The summed E-state index contributed by atoms with van der Waals surface area (Å²) in [6.45, 7) is 1.35. The predicted octanol–water partition coefficient (Wildman–Crippen LogP) is 1.48. The first-order chi connectivity index (χ1) is 7.74. The average molecular weight is 287 g/mol. The average Bonchev–Trinajstić information content (AvgIpc) is 2.74. The smallest absolute Gasteiger partial charge is 0.159 e. The lowest BCUT2D eigenvalue weighted by atomic mass is 10.1. The van der Waals surface area contributed by atoms with Crippen molar-refractivity contribution < 1.29 is 9.47 Å². The molecule has 0 spiro atoms. The summed E-state index contributed by atoms with van der Waals surface area (Å²) in [7, 11) is 0. The maximum Gasteiger partial charge on any atom is 0.159 e. The Kier molecular flexibility index (Phi) is 4.29. The molecule has 1 aromatic heterocycles. The van der Waals surface area contributed by atoms with E-state index in [2.05, 4.69) is 20.9 Å². The van der Waals surface area contributed by atoms with Gasteiger partial charge in [-0.15, -0.1) is 0 Å². The largest absolute Gasteiger partial charge is 0.350 e. The van der Waals surface area contributed by atoms with E-state index in [1.807, 2.05) is 12.1 Å². The first kappa shape index (κ1) is 12.0. The molecule has 0 aromatic carbocycles. The molecule has 1 aromatic rings. The van der Waals surface area contributed by atoms with Gasteiger partial charge in [0.25, 0.3) is 0 Å². The fourth-order valence-corrected chi connectivity index (χ4v) is 1.90.